The molecule has 0 amide bonds. The fourth-order valence-corrected chi connectivity index (χ4v) is 0.709. The monoisotopic (exact) mass is 198 g/mol. The van der Waals surface area contributed by atoms with E-state index in [0.29, 0.717) is 0 Å². The number of hydrogen-bond donors (Lipinski definition) is 1. The van der Waals surface area contributed by atoms with Crippen LogP contribution in [0.3, 0.4) is 0 Å². The van der Waals surface area contributed by atoms with Gasteiger partial charge in [-0.25, -0.2) is 4.79 Å². The standard InChI is InChI=1S/C10H14O4/c1-7(2)5-6-10(13,8(3)11)9(12)14-4/h6,13H,1-4H3. The van der Waals surface area contributed by atoms with Gasteiger partial charge in [-0.1, -0.05) is 0 Å². The maximum absolute atomic E-state index is 11.1. The molecule has 0 fully saturated rings. The van der Waals surface area contributed by atoms with E-state index in [0.717, 1.165) is 25.7 Å². The summed E-state index contributed by atoms with van der Waals surface area (Å²) in [6, 6.07) is 0. The Kier molecular flexibility index (Phi) is 4.28. The van der Waals surface area contributed by atoms with Crippen molar-refractivity contribution >= 4 is 11.8 Å². The predicted molar refractivity (Wildman–Crippen MR) is 50.6 cm³/mol. The van der Waals surface area contributed by atoms with E-state index >= 15 is 0 Å². The van der Waals surface area contributed by atoms with Gasteiger partial charge in [0, 0.05) is 6.08 Å². The van der Waals surface area contributed by atoms with E-state index in [1.165, 1.54) is 0 Å². The van der Waals surface area contributed by atoms with Crippen LogP contribution in [0.2, 0.25) is 0 Å². The second-order valence-corrected chi connectivity index (χ2v) is 3.10. The third-order valence-corrected chi connectivity index (χ3v) is 1.60. The summed E-state index contributed by atoms with van der Waals surface area (Å²) in [6.45, 7) is 4.57. The molecule has 0 aliphatic rings. The molecule has 4 nitrogen and oxygen atoms in total. The van der Waals surface area contributed by atoms with Crippen LogP contribution in [-0.2, 0) is 14.3 Å². The molecule has 1 unspecified atom stereocenters. The summed E-state index contributed by atoms with van der Waals surface area (Å²) in [5.41, 5.74) is 1.13. The van der Waals surface area contributed by atoms with E-state index in [9.17, 15) is 14.7 Å². The first kappa shape index (κ1) is 12.6. The van der Waals surface area contributed by atoms with Crippen LogP contribution in [0.1, 0.15) is 20.8 Å². The van der Waals surface area contributed by atoms with E-state index < -0.39 is 17.4 Å². The minimum absolute atomic E-state index is 0.696. The van der Waals surface area contributed by atoms with Gasteiger partial charge >= 0.3 is 5.97 Å². The minimum atomic E-state index is -2.22. The number of carbonyl (C=O) groups excluding carboxylic acids is 2. The first-order valence-electron chi connectivity index (χ1n) is 4.07. The van der Waals surface area contributed by atoms with Crippen LogP contribution in [0.5, 0.6) is 0 Å². The number of esters is 1. The number of hydrogen-bond acceptors (Lipinski definition) is 4. The van der Waals surface area contributed by atoms with Crippen molar-refractivity contribution in [3.63, 3.8) is 0 Å². The Hall–Kier alpha value is -1.38. The third-order valence-electron chi connectivity index (χ3n) is 1.60. The number of Topliss-reactive ketones (excluding diaryl/α,β-unsaturated/α-hetero) is 1. The predicted octanol–water partition coefficient (Wildman–Crippen LogP) is 0.601. The lowest BCUT2D eigenvalue weighted by Gasteiger charge is -2.16. The number of aliphatic hydroxyl groups is 1. The molecule has 0 spiro atoms. The summed E-state index contributed by atoms with van der Waals surface area (Å²) in [7, 11) is 1.10. The van der Waals surface area contributed by atoms with Crippen LogP contribution >= 0.6 is 0 Å². The molecule has 0 aromatic heterocycles. The average Bonchev–Trinajstić information content (AvgIpc) is 2.12. The smallest absolute Gasteiger partial charge is 0.350 e. The van der Waals surface area contributed by atoms with Gasteiger partial charge in [0.1, 0.15) is 0 Å². The molecule has 0 bridgehead atoms. The van der Waals surface area contributed by atoms with E-state index in [1.54, 1.807) is 13.8 Å². The molecule has 14 heavy (non-hydrogen) atoms. The van der Waals surface area contributed by atoms with Crippen molar-refractivity contribution in [3.8, 4) is 0 Å². The van der Waals surface area contributed by atoms with Gasteiger partial charge < -0.3 is 9.84 Å². The van der Waals surface area contributed by atoms with Crippen LogP contribution in [-0.4, -0.2) is 29.6 Å². The number of ketones is 1. The second kappa shape index (κ2) is 4.74. The van der Waals surface area contributed by atoms with Crippen molar-refractivity contribution in [2.45, 2.75) is 26.4 Å². The number of methoxy groups -OCH3 is 1. The van der Waals surface area contributed by atoms with Gasteiger partial charge in [-0.05, 0) is 26.3 Å². The molecular formula is C10H14O4. The molecule has 0 aromatic rings. The van der Waals surface area contributed by atoms with Gasteiger partial charge in [0.15, 0.2) is 5.78 Å². The first-order chi connectivity index (χ1) is 6.34. The summed E-state index contributed by atoms with van der Waals surface area (Å²) in [6.07, 6.45) is 1.01. The maximum Gasteiger partial charge on any atom is 0.350 e. The zero-order valence-corrected chi connectivity index (χ0v) is 8.75. The molecule has 0 rings (SSSR count). The van der Waals surface area contributed by atoms with E-state index in [2.05, 4.69) is 10.5 Å². The molecule has 1 N–H and O–H groups in total. The average molecular weight is 198 g/mol. The van der Waals surface area contributed by atoms with Crippen LogP contribution in [0.15, 0.2) is 17.4 Å². The SMILES string of the molecule is COC(=O)C(O)(C=C=C(C)C)C(C)=O. The summed E-state index contributed by atoms with van der Waals surface area (Å²) >= 11 is 0. The van der Waals surface area contributed by atoms with Crippen molar-refractivity contribution in [3.05, 3.63) is 17.4 Å². The van der Waals surface area contributed by atoms with Gasteiger partial charge in [-0.2, -0.15) is 0 Å². The van der Waals surface area contributed by atoms with Gasteiger partial charge in [0.25, 0.3) is 0 Å². The highest BCUT2D eigenvalue weighted by Gasteiger charge is 2.39. The topological polar surface area (TPSA) is 63.6 Å². The molecule has 4 heteroatoms. The largest absolute Gasteiger partial charge is 0.466 e. The lowest BCUT2D eigenvalue weighted by atomic mass is 9.99. The highest BCUT2D eigenvalue weighted by molar-refractivity contribution is 6.08. The fourth-order valence-electron chi connectivity index (χ4n) is 0.709. The Labute approximate surface area is 82.9 Å². The third kappa shape index (κ3) is 2.83. The second-order valence-electron chi connectivity index (χ2n) is 3.10. The number of carbonyl (C=O) groups is 2. The van der Waals surface area contributed by atoms with Crippen molar-refractivity contribution in [1.29, 1.82) is 0 Å². The lowest BCUT2D eigenvalue weighted by Crippen LogP contribution is -2.44. The zero-order chi connectivity index (χ0) is 11.4. The molecule has 0 saturated carbocycles. The molecule has 0 radical (unpaired) electrons. The van der Waals surface area contributed by atoms with Crippen molar-refractivity contribution < 1.29 is 19.4 Å². The molecule has 1 atom stereocenters. The quantitative estimate of drug-likeness (QED) is 0.410. The van der Waals surface area contributed by atoms with Gasteiger partial charge in [-0.3, -0.25) is 4.79 Å². The summed E-state index contributed by atoms with van der Waals surface area (Å²) in [4.78, 5) is 22.2. The molecule has 0 aliphatic carbocycles. The van der Waals surface area contributed by atoms with Crippen molar-refractivity contribution in [2.75, 3.05) is 7.11 Å². The van der Waals surface area contributed by atoms with Crippen LogP contribution in [0.4, 0.5) is 0 Å². The number of ether oxygens (including phenoxy) is 1. The molecule has 78 valence electrons. The maximum atomic E-state index is 11.1. The Balaban J connectivity index is 5.23. The Morgan fingerprint density at radius 3 is 2.14 bits per heavy atom. The van der Waals surface area contributed by atoms with E-state index in [1.807, 2.05) is 0 Å². The van der Waals surface area contributed by atoms with Crippen LogP contribution in [0, 0.1) is 0 Å². The Bertz CT molecular complexity index is 306. The Morgan fingerprint density at radius 2 is 1.86 bits per heavy atom. The summed E-state index contributed by atoms with van der Waals surface area (Å²) < 4.78 is 4.32. The molecule has 0 aliphatic heterocycles. The molecule has 0 saturated heterocycles. The van der Waals surface area contributed by atoms with Crippen molar-refractivity contribution in [1.82, 2.24) is 0 Å². The molecule has 0 heterocycles. The van der Waals surface area contributed by atoms with E-state index in [-0.39, 0.29) is 0 Å². The van der Waals surface area contributed by atoms with Gasteiger partial charge in [0.05, 0.1) is 7.11 Å². The highest BCUT2D eigenvalue weighted by atomic mass is 16.5. The molecule has 0 aromatic carbocycles. The molecular weight excluding hydrogens is 184 g/mol. The summed E-state index contributed by atoms with van der Waals surface area (Å²) in [5.74, 6) is -1.70. The minimum Gasteiger partial charge on any atom is -0.466 e. The normalized spacial score (nSPS) is 13.5. The van der Waals surface area contributed by atoms with Gasteiger partial charge in [-0.15, -0.1) is 5.73 Å². The van der Waals surface area contributed by atoms with Crippen LogP contribution in [0.25, 0.3) is 0 Å². The lowest BCUT2D eigenvalue weighted by molar-refractivity contribution is -0.162. The van der Waals surface area contributed by atoms with Crippen molar-refractivity contribution in [2.24, 2.45) is 0 Å². The Morgan fingerprint density at radius 1 is 1.36 bits per heavy atom. The summed E-state index contributed by atoms with van der Waals surface area (Å²) in [5, 5.41) is 9.65. The highest BCUT2D eigenvalue weighted by Crippen LogP contribution is 2.10. The number of rotatable bonds is 3. The van der Waals surface area contributed by atoms with E-state index in [4.69, 9.17) is 0 Å². The fraction of sp³-hybridized carbons (Fsp3) is 0.500. The van der Waals surface area contributed by atoms with Crippen LogP contribution < -0.4 is 0 Å². The first-order valence-corrected chi connectivity index (χ1v) is 4.07. The van der Waals surface area contributed by atoms with Gasteiger partial charge in [0.2, 0.25) is 5.60 Å². The zero-order valence-electron chi connectivity index (χ0n) is 8.75.